The first kappa shape index (κ1) is 13.7. The number of nitro groups is 1. The molecule has 1 aromatic rings. The van der Waals surface area contributed by atoms with Crippen LogP contribution in [0.2, 0.25) is 0 Å². The molecule has 0 aliphatic heterocycles. The van der Waals surface area contributed by atoms with Crippen LogP contribution in [0.5, 0.6) is 0 Å². The highest BCUT2D eigenvalue weighted by atomic mass is 32.2. The standard InChI is InChI=1S/C10H14N4O4S/c1-6-4-9(6)13-19(17,18)7-2-3-8(12-11)10(5-7)14(15)16/h2-3,5-6,9,12-13H,4,11H2,1H3. The molecule has 0 amide bonds. The largest absolute Gasteiger partial charge is 0.318 e. The van der Waals surface area contributed by atoms with Crippen LogP contribution in [0.3, 0.4) is 0 Å². The minimum Gasteiger partial charge on any atom is -0.318 e. The zero-order chi connectivity index (χ0) is 14.2. The molecule has 1 saturated carbocycles. The van der Waals surface area contributed by atoms with E-state index < -0.39 is 14.9 Å². The number of nitrogens with one attached hydrogen (secondary N) is 2. The molecule has 0 saturated heterocycles. The van der Waals surface area contributed by atoms with Crippen molar-refractivity contribution in [3.63, 3.8) is 0 Å². The third-order valence-electron chi connectivity index (χ3n) is 3.05. The van der Waals surface area contributed by atoms with Crippen LogP contribution in [0.15, 0.2) is 23.1 Å². The molecule has 1 aliphatic rings. The van der Waals surface area contributed by atoms with Crippen LogP contribution in [0, 0.1) is 16.0 Å². The molecule has 0 spiro atoms. The molecule has 1 aliphatic carbocycles. The van der Waals surface area contributed by atoms with Gasteiger partial charge in [-0.15, -0.1) is 0 Å². The quantitative estimate of drug-likeness (QED) is 0.412. The van der Waals surface area contributed by atoms with Gasteiger partial charge in [0.2, 0.25) is 10.0 Å². The zero-order valence-corrected chi connectivity index (χ0v) is 11.0. The van der Waals surface area contributed by atoms with Crippen molar-refractivity contribution in [3.8, 4) is 0 Å². The zero-order valence-electron chi connectivity index (χ0n) is 10.2. The van der Waals surface area contributed by atoms with Crippen LogP contribution in [0.25, 0.3) is 0 Å². The number of hydrogen-bond donors (Lipinski definition) is 3. The predicted molar refractivity (Wildman–Crippen MR) is 68.8 cm³/mol. The van der Waals surface area contributed by atoms with Crippen LogP contribution in [-0.4, -0.2) is 19.4 Å². The average molecular weight is 286 g/mol. The first-order chi connectivity index (χ1) is 8.85. The second kappa shape index (κ2) is 4.76. The van der Waals surface area contributed by atoms with Crippen molar-refractivity contribution in [1.29, 1.82) is 0 Å². The van der Waals surface area contributed by atoms with Gasteiger partial charge in [0.05, 0.1) is 9.82 Å². The van der Waals surface area contributed by atoms with E-state index in [2.05, 4.69) is 10.1 Å². The summed E-state index contributed by atoms with van der Waals surface area (Å²) in [4.78, 5) is 10.0. The highest BCUT2D eigenvalue weighted by molar-refractivity contribution is 7.89. The lowest BCUT2D eigenvalue weighted by Crippen LogP contribution is -2.27. The fourth-order valence-electron chi connectivity index (χ4n) is 1.71. The number of nitrogens with two attached hydrogens (primary N) is 1. The highest BCUT2D eigenvalue weighted by Crippen LogP contribution is 2.32. The predicted octanol–water partition coefficient (Wildman–Crippen LogP) is 0.567. The molecule has 104 valence electrons. The second-order valence-corrected chi connectivity index (χ2v) is 6.24. The summed E-state index contributed by atoms with van der Waals surface area (Å²) in [6.07, 6.45) is 0.782. The van der Waals surface area contributed by atoms with E-state index in [0.717, 1.165) is 12.5 Å². The van der Waals surface area contributed by atoms with Crippen molar-refractivity contribution >= 4 is 21.4 Å². The van der Waals surface area contributed by atoms with Crippen LogP contribution in [0.1, 0.15) is 13.3 Å². The van der Waals surface area contributed by atoms with Crippen molar-refractivity contribution in [2.24, 2.45) is 11.8 Å². The first-order valence-corrected chi connectivity index (χ1v) is 7.11. The third-order valence-corrected chi connectivity index (χ3v) is 4.54. The molecule has 1 aromatic carbocycles. The van der Waals surface area contributed by atoms with E-state index in [-0.39, 0.29) is 22.3 Å². The second-order valence-electron chi connectivity index (χ2n) is 4.52. The number of nitrogen functional groups attached to an aromatic ring is 1. The lowest BCUT2D eigenvalue weighted by Gasteiger charge is -2.07. The smallest absolute Gasteiger partial charge is 0.294 e. The van der Waals surface area contributed by atoms with Crippen LogP contribution < -0.4 is 16.0 Å². The van der Waals surface area contributed by atoms with Crippen LogP contribution in [-0.2, 0) is 10.0 Å². The molecule has 2 atom stereocenters. The Morgan fingerprint density at radius 1 is 1.47 bits per heavy atom. The van der Waals surface area contributed by atoms with Gasteiger partial charge in [-0.2, -0.15) is 0 Å². The Hall–Kier alpha value is -1.71. The van der Waals surface area contributed by atoms with E-state index in [1.54, 1.807) is 0 Å². The summed E-state index contributed by atoms with van der Waals surface area (Å²) in [5.74, 6) is 5.44. The Kier molecular flexibility index (Phi) is 3.43. The number of benzene rings is 1. The molecular weight excluding hydrogens is 272 g/mol. The Labute approximate surface area is 110 Å². The number of hydrogen-bond acceptors (Lipinski definition) is 6. The van der Waals surface area contributed by atoms with E-state index in [1.165, 1.54) is 12.1 Å². The van der Waals surface area contributed by atoms with Crippen molar-refractivity contribution in [1.82, 2.24) is 4.72 Å². The Balaban J connectivity index is 2.34. The van der Waals surface area contributed by atoms with Crippen LogP contribution in [0.4, 0.5) is 11.4 Å². The number of anilines is 1. The van der Waals surface area contributed by atoms with Crippen molar-refractivity contribution in [3.05, 3.63) is 28.3 Å². The number of rotatable bonds is 5. The molecular formula is C10H14N4O4S. The summed E-state index contributed by atoms with van der Waals surface area (Å²) in [6, 6.07) is 3.45. The van der Waals surface area contributed by atoms with Gasteiger partial charge in [0.15, 0.2) is 0 Å². The van der Waals surface area contributed by atoms with Gasteiger partial charge in [0.25, 0.3) is 5.69 Å². The minimum atomic E-state index is -3.73. The van der Waals surface area contributed by atoms with Gasteiger partial charge in [-0.25, -0.2) is 13.1 Å². The normalized spacial score (nSPS) is 22.0. The lowest BCUT2D eigenvalue weighted by molar-refractivity contribution is -0.384. The first-order valence-electron chi connectivity index (χ1n) is 5.62. The van der Waals surface area contributed by atoms with Gasteiger partial charge < -0.3 is 5.43 Å². The van der Waals surface area contributed by atoms with Gasteiger partial charge in [-0.05, 0) is 24.5 Å². The molecule has 1 fully saturated rings. The monoisotopic (exact) mass is 286 g/mol. The molecule has 8 nitrogen and oxygen atoms in total. The third kappa shape index (κ3) is 2.83. The Morgan fingerprint density at radius 2 is 2.11 bits per heavy atom. The van der Waals surface area contributed by atoms with Gasteiger partial charge >= 0.3 is 0 Å². The maximum absolute atomic E-state index is 12.0. The van der Waals surface area contributed by atoms with E-state index >= 15 is 0 Å². The maximum atomic E-state index is 12.0. The number of nitrogens with zero attached hydrogens (tertiary/aromatic N) is 1. The van der Waals surface area contributed by atoms with E-state index in [1.807, 2.05) is 6.92 Å². The average Bonchev–Trinajstić information content (AvgIpc) is 3.02. The lowest BCUT2D eigenvalue weighted by atomic mass is 10.3. The molecule has 4 N–H and O–H groups in total. The molecule has 19 heavy (non-hydrogen) atoms. The van der Waals surface area contributed by atoms with Crippen LogP contribution >= 0.6 is 0 Å². The van der Waals surface area contributed by atoms with E-state index in [4.69, 9.17) is 5.84 Å². The summed E-state index contributed by atoms with van der Waals surface area (Å²) in [5, 5.41) is 10.8. The maximum Gasteiger partial charge on any atom is 0.294 e. The molecule has 0 heterocycles. The summed E-state index contributed by atoms with van der Waals surface area (Å²) < 4.78 is 26.5. The molecule has 0 aromatic heterocycles. The summed E-state index contributed by atoms with van der Waals surface area (Å²) in [6.45, 7) is 1.93. The SMILES string of the molecule is CC1CC1NS(=O)(=O)c1ccc(NN)c([N+](=O)[O-])c1. The minimum absolute atomic E-state index is 0.0590. The Bertz CT molecular complexity index is 616. The van der Waals surface area contributed by atoms with E-state index in [0.29, 0.717) is 5.92 Å². The molecule has 2 rings (SSSR count). The molecule has 9 heteroatoms. The molecule has 0 bridgehead atoms. The van der Waals surface area contributed by atoms with Crippen molar-refractivity contribution in [2.75, 3.05) is 5.43 Å². The topological polar surface area (TPSA) is 127 Å². The van der Waals surface area contributed by atoms with Crippen molar-refractivity contribution < 1.29 is 13.3 Å². The molecule has 2 unspecified atom stereocenters. The number of hydrazine groups is 1. The fourth-order valence-corrected chi connectivity index (χ4v) is 3.08. The van der Waals surface area contributed by atoms with Gasteiger partial charge in [-0.3, -0.25) is 16.0 Å². The number of sulfonamides is 1. The van der Waals surface area contributed by atoms with E-state index in [9.17, 15) is 18.5 Å². The highest BCUT2D eigenvalue weighted by Gasteiger charge is 2.36. The van der Waals surface area contributed by atoms with Gasteiger partial charge in [0, 0.05) is 12.1 Å². The van der Waals surface area contributed by atoms with Gasteiger partial charge in [0.1, 0.15) is 5.69 Å². The van der Waals surface area contributed by atoms with Crippen molar-refractivity contribution in [2.45, 2.75) is 24.3 Å². The Morgan fingerprint density at radius 3 is 2.58 bits per heavy atom. The number of nitro benzene ring substituents is 1. The summed E-state index contributed by atoms with van der Waals surface area (Å²) >= 11 is 0. The van der Waals surface area contributed by atoms with Gasteiger partial charge in [-0.1, -0.05) is 6.92 Å². The summed E-state index contributed by atoms with van der Waals surface area (Å²) in [5.41, 5.74) is 1.84. The fraction of sp³-hybridized carbons (Fsp3) is 0.400. The molecule has 0 radical (unpaired) electrons. The summed E-state index contributed by atoms with van der Waals surface area (Å²) in [7, 11) is -3.73.